The summed E-state index contributed by atoms with van der Waals surface area (Å²) in [6.45, 7) is 11.8. The van der Waals surface area contributed by atoms with Crippen molar-refractivity contribution >= 4 is 28.3 Å². The van der Waals surface area contributed by atoms with Crippen LogP contribution in [0, 0.1) is 6.92 Å². The maximum Gasteiger partial charge on any atom is 0.245 e. The van der Waals surface area contributed by atoms with Gasteiger partial charge in [0.15, 0.2) is 5.13 Å². The second kappa shape index (κ2) is 18.9. The molecule has 0 aromatic carbocycles. The highest BCUT2D eigenvalue weighted by molar-refractivity contribution is 7.13. The third kappa shape index (κ3) is 14.4. The number of nitrogens with one attached hydrogen (secondary N) is 1. The first-order valence-electron chi connectivity index (χ1n) is 13.2. The Labute approximate surface area is 206 Å². The molecule has 0 aliphatic carbocycles. The molecular formula is C26H48N4O2S. The van der Waals surface area contributed by atoms with Gasteiger partial charge < -0.3 is 15.1 Å². The fourth-order valence-corrected chi connectivity index (χ4v) is 4.64. The van der Waals surface area contributed by atoms with Gasteiger partial charge in [-0.1, -0.05) is 85.0 Å². The van der Waals surface area contributed by atoms with Crippen LogP contribution in [0.3, 0.4) is 0 Å². The van der Waals surface area contributed by atoms with Crippen LogP contribution in [-0.2, 0) is 9.59 Å². The monoisotopic (exact) mass is 480 g/mol. The highest BCUT2D eigenvalue weighted by atomic mass is 32.1. The summed E-state index contributed by atoms with van der Waals surface area (Å²) in [4.78, 5) is 33.7. The van der Waals surface area contributed by atoms with Crippen LogP contribution < -0.4 is 5.32 Å². The van der Waals surface area contributed by atoms with Crippen LogP contribution in [0.5, 0.6) is 0 Å². The summed E-state index contributed by atoms with van der Waals surface area (Å²) in [5, 5.41) is 5.34. The van der Waals surface area contributed by atoms with Gasteiger partial charge >= 0.3 is 0 Å². The lowest BCUT2D eigenvalue weighted by Gasteiger charge is -2.26. The Morgan fingerprint density at radius 2 is 1.45 bits per heavy atom. The Kier molecular flexibility index (Phi) is 16.9. The van der Waals surface area contributed by atoms with Gasteiger partial charge in [-0.15, -0.1) is 11.3 Å². The quantitative estimate of drug-likeness (QED) is 0.224. The van der Waals surface area contributed by atoms with Crippen molar-refractivity contribution < 1.29 is 9.59 Å². The van der Waals surface area contributed by atoms with E-state index < -0.39 is 0 Å². The maximum atomic E-state index is 12.9. The molecule has 190 valence electrons. The average Bonchev–Trinajstić information content (AvgIpc) is 3.21. The van der Waals surface area contributed by atoms with Gasteiger partial charge in [0.2, 0.25) is 11.8 Å². The van der Waals surface area contributed by atoms with Crippen molar-refractivity contribution in [1.29, 1.82) is 0 Å². The molecular weight excluding hydrogens is 432 g/mol. The standard InChI is InChI=1S/C26H48N4O2S/c1-5-8-9-10-11-12-13-14-15-16-17-18-25(32)30(20-19-29(6-2)7-3)21-24(31)28-26-27-23(4)22-33-26/h22H,5-21H2,1-4H3,(H,27,28,31). The minimum atomic E-state index is -0.170. The van der Waals surface area contributed by atoms with Crippen molar-refractivity contribution in [2.75, 3.05) is 38.0 Å². The molecule has 0 saturated heterocycles. The largest absolute Gasteiger partial charge is 0.332 e. The van der Waals surface area contributed by atoms with E-state index in [0.717, 1.165) is 38.2 Å². The molecule has 0 aliphatic heterocycles. The SMILES string of the molecule is CCCCCCCCCCCCCC(=O)N(CCN(CC)CC)CC(=O)Nc1nc(C)cs1. The normalized spacial score (nSPS) is 11.2. The predicted octanol–water partition coefficient (Wildman–Crippen LogP) is 6.26. The molecule has 0 saturated carbocycles. The molecule has 7 heteroatoms. The van der Waals surface area contributed by atoms with E-state index in [1.54, 1.807) is 4.90 Å². The van der Waals surface area contributed by atoms with E-state index in [9.17, 15) is 9.59 Å². The molecule has 0 aliphatic rings. The van der Waals surface area contributed by atoms with Crippen molar-refractivity contribution in [2.24, 2.45) is 0 Å². The molecule has 0 atom stereocenters. The first-order valence-corrected chi connectivity index (χ1v) is 14.1. The van der Waals surface area contributed by atoms with Gasteiger partial charge in [0.25, 0.3) is 0 Å². The topological polar surface area (TPSA) is 65.5 Å². The molecule has 1 heterocycles. The zero-order chi connectivity index (χ0) is 24.3. The van der Waals surface area contributed by atoms with E-state index in [-0.39, 0.29) is 18.4 Å². The third-order valence-corrected chi connectivity index (χ3v) is 7.00. The minimum absolute atomic E-state index is 0.0866. The zero-order valence-corrected chi connectivity index (χ0v) is 22.5. The highest BCUT2D eigenvalue weighted by Crippen LogP contribution is 2.15. The molecule has 1 N–H and O–H groups in total. The first kappa shape index (κ1) is 29.6. The molecule has 0 unspecified atom stereocenters. The van der Waals surface area contributed by atoms with E-state index >= 15 is 0 Å². The number of carbonyl (C=O) groups excluding carboxylic acids is 2. The van der Waals surface area contributed by atoms with E-state index in [1.165, 1.54) is 69.1 Å². The second-order valence-corrected chi connectivity index (χ2v) is 9.83. The maximum absolute atomic E-state index is 12.9. The van der Waals surface area contributed by atoms with Crippen molar-refractivity contribution in [1.82, 2.24) is 14.8 Å². The number of rotatable bonds is 20. The number of anilines is 1. The van der Waals surface area contributed by atoms with Crippen LogP contribution in [0.15, 0.2) is 5.38 Å². The number of nitrogens with zero attached hydrogens (tertiary/aromatic N) is 3. The van der Waals surface area contributed by atoms with Crippen molar-refractivity contribution in [3.63, 3.8) is 0 Å². The van der Waals surface area contributed by atoms with Gasteiger partial charge in [-0.25, -0.2) is 4.98 Å². The summed E-state index contributed by atoms with van der Waals surface area (Å²) in [6, 6.07) is 0. The van der Waals surface area contributed by atoms with E-state index in [4.69, 9.17) is 0 Å². The predicted molar refractivity (Wildman–Crippen MR) is 141 cm³/mol. The zero-order valence-electron chi connectivity index (χ0n) is 21.7. The van der Waals surface area contributed by atoms with Gasteiger partial charge in [0.1, 0.15) is 0 Å². The van der Waals surface area contributed by atoms with Crippen LogP contribution in [0.2, 0.25) is 0 Å². The van der Waals surface area contributed by atoms with Crippen molar-refractivity contribution in [3.05, 3.63) is 11.1 Å². The van der Waals surface area contributed by atoms with Crippen molar-refractivity contribution in [2.45, 2.75) is 105 Å². The van der Waals surface area contributed by atoms with Crippen LogP contribution in [0.1, 0.15) is 104 Å². The van der Waals surface area contributed by atoms with Crippen LogP contribution >= 0.6 is 11.3 Å². The molecule has 1 aromatic heterocycles. The van der Waals surface area contributed by atoms with Crippen LogP contribution in [-0.4, -0.2) is 59.3 Å². The van der Waals surface area contributed by atoms with Gasteiger partial charge in [0.05, 0.1) is 12.2 Å². The molecule has 0 fully saturated rings. The molecule has 0 radical (unpaired) electrons. The van der Waals surface area contributed by atoms with E-state index in [1.807, 2.05) is 12.3 Å². The Balaban J connectivity index is 2.34. The minimum Gasteiger partial charge on any atom is -0.332 e. The van der Waals surface area contributed by atoms with Gasteiger partial charge in [-0.05, 0) is 26.4 Å². The van der Waals surface area contributed by atoms with Crippen molar-refractivity contribution in [3.8, 4) is 0 Å². The fourth-order valence-electron chi connectivity index (χ4n) is 3.94. The molecule has 6 nitrogen and oxygen atoms in total. The Hall–Kier alpha value is -1.47. The number of unbranched alkanes of at least 4 members (excludes halogenated alkanes) is 10. The molecule has 1 rings (SSSR count). The summed E-state index contributed by atoms with van der Waals surface area (Å²) in [5.74, 6) is -0.0836. The lowest BCUT2D eigenvalue weighted by Crippen LogP contribution is -2.42. The summed E-state index contributed by atoms with van der Waals surface area (Å²) < 4.78 is 0. The van der Waals surface area contributed by atoms with E-state index in [0.29, 0.717) is 18.1 Å². The molecule has 1 aromatic rings. The lowest BCUT2D eigenvalue weighted by atomic mass is 10.1. The Morgan fingerprint density at radius 3 is 1.97 bits per heavy atom. The smallest absolute Gasteiger partial charge is 0.245 e. The highest BCUT2D eigenvalue weighted by Gasteiger charge is 2.18. The number of aromatic nitrogens is 1. The summed E-state index contributed by atoms with van der Waals surface area (Å²) in [7, 11) is 0. The van der Waals surface area contributed by atoms with Crippen LogP contribution in [0.4, 0.5) is 5.13 Å². The van der Waals surface area contributed by atoms with Gasteiger partial charge in [-0.3, -0.25) is 9.59 Å². The first-order chi connectivity index (χ1) is 16.0. The number of aryl methyl sites for hydroxylation is 1. The van der Waals surface area contributed by atoms with E-state index in [2.05, 4.69) is 36.0 Å². The summed E-state index contributed by atoms with van der Waals surface area (Å²) in [5.41, 5.74) is 0.890. The number of hydrogen-bond acceptors (Lipinski definition) is 5. The van der Waals surface area contributed by atoms with Gasteiger partial charge in [0, 0.05) is 24.9 Å². The fraction of sp³-hybridized carbons (Fsp3) is 0.808. The Morgan fingerprint density at radius 1 is 0.879 bits per heavy atom. The summed E-state index contributed by atoms with van der Waals surface area (Å²) >= 11 is 1.41. The average molecular weight is 481 g/mol. The van der Waals surface area contributed by atoms with Gasteiger partial charge in [-0.2, -0.15) is 0 Å². The number of carbonyl (C=O) groups is 2. The molecule has 2 amide bonds. The Bertz CT molecular complexity index is 646. The number of hydrogen-bond donors (Lipinski definition) is 1. The third-order valence-electron chi connectivity index (χ3n) is 6.13. The number of amides is 2. The van der Waals surface area contributed by atoms with Crippen LogP contribution in [0.25, 0.3) is 0 Å². The number of thiazole rings is 1. The summed E-state index contributed by atoms with van der Waals surface area (Å²) in [6.07, 6.45) is 14.4. The molecule has 0 spiro atoms. The molecule has 33 heavy (non-hydrogen) atoms. The number of likely N-dealkylation sites (N-methyl/N-ethyl adjacent to an activating group) is 1. The lowest BCUT2D eigenvalue weighted by molar-refractivity contribution is -0.135. The molecule has 0 bridgehead atoms. The second-order valence-electron chi connectivity index (χ2n) is 8.97.